The van der Waals surface area contributed by atoms with Crippen LogP contribution in [0.15, 0.2) is 48.8 Å². The second-order valence-corrected chi connectivity index (χ2v) is 3.49. The summed E-state index contributed by atoms with van der Waals surface area (Å²) in [6, 6.07) is 9.63. The molecule has 92 valence electrons. The van der Waals surface area contributed by atoms with Crippen molar-refractivity contribution in [3.8, 4) is 0 Å². The van der Waals surface area contributed by atoms with E-state index in [1.165, 1.54) is 17.9 Å². The zero-order chi connectivity index (χ0) is 13.0. The number of benzene rings is 1. The molecule has 2 rings (SSSR count). The number of methoxy groups -OCH3 is 1. The van der Waals surface area contributed by atoms with Crippen molar-refractivity contribution in [2.45, 2.75) is 0 Å². The molecule has 0 saturated carbocycles. The summed E-state index contributed by atoms with van der Waals surface area (Å²) in [5.74, 6) is -1.04. The van der Waals surface area contributed by atoms with Crippen LogP contribution < -0.4 is 4.84 Å². The van der Waals surface area contributed by atoms with E-state index in [1.807, 2.05) is 0 Å². The van der Waals surface area contributed by atoms with Gasteiger partial charge in [0.05, 0.1) is 18.2 Å². The Morgan fingerprint density at radius 3 is 2.28 bits per heavy atom. The largest absolute Gasteiger partial charge is 1.00 e. The molecule has 0 spiro atoms. The van der Waals surface area contributed by atoms with Crippen molar-refractivity contribution in [3.05, 3.63) is 59.9 Å². The molecule has 0 fully saturated rings. The maximum atomic E-state index is 11.8. The SMILES string of the molecule is COC(=O)c1cccc(C(=O)On2cccc2)c1.[H+]. The fraction of sp³-hybridized carbons (Fsp3) is 0.0769. The molecule has 0 aliphatic carbocycles. The molecule has 1 aromatic heterocycles. The molecule has 0 saturated heterocycles. The molecule has 1 aromatic carbocycles. The van der Waals surface area contributed by atoms with Crippen molar-refractivity contribution >= 4 is 11.9 Å². The summed E-state index contributed by atoms with van der Waals surface area (Å²) in [6.07, 6.45) is 3.20. The molecule has 5 heteroatoms. The number of hydrogen-bond acceptors (Lipinski definition) is 4. The topological polar surface area (TPSA) is 57.5 Å². The number of aromatic nitrogens is 1. The van der Waals surface area contributed by atoms with Gasteiger partial charge in [0, 0.05) is 12.4 Å². The van der Waals surface area contributed by atoms with Gasteiger partial charge in [-0.2, -0.15) is 4.73 Å². The van der Waals surface area contributed by atoms with E-state index in [-0.39, 0.29) is 6.99 Å². The lowest BCUT2D eigenvalue weighted by Gasteiger charge is -2.05. The Labute approximate surface area is 105 Å². The van der Waals surface area contributed by atoms with E-state index in [0.29, 0.717) is 5.56 Å². The average molecular weight is 246 g/mol. The Balaban J connectivity index is 0.00000180. The molecule has 0 bridgehead atoms. The third-order valence-electron chi connectivity index (χ3n) is 2.28. The van der Waals surface area contributed by atoms with Crippen LogP contribution >= 0.6 is 0 Å². The second-order valence-electron chi connectivity index (χ2n) is 3.49. The average Bonchev–Trinajstić information content (AvgIpc) is 2.90. The molecule has 0 radical (unpaired) electrons. The van der Waals surface area contributed by atoms with Crippen LogP contribution in [0.2, 0.25) is 0 Å². The lowest BCUT2D eigenvalue weighted by molar-refractivity contribution is 0.0463. The summed E-state index contributed by atoms with van der Waals surface area (Å²) in [5, 5.41) is 0. The predicted octanol–water partition coefficient (Wildman–Crippen LogP) is 1.66. The number of esters is 1. The highest BCUT2D eigenvalue weighted by Gasteiger charge is 2.12. The zero-order valence-electron chi connectivity index (χ0n) is 10.7. The monoisotopic (exact) mass is 246 g/mol. The molecule has 0 atom stereocenters. The normalized spacial score (nSPS) is 9.83. The highest BCUT2D eigenvalue weighted by Crippen LogP contribution is 2.07. The molecule has 0 aliphatic rings. The molecule has 1 heterocycles. The van der Waals surface area contributed by atoms with Gasteiger partial charge in [-0.25, -0.2) is 9.59 Å². The number of nitrogens with zero attached hydrogens (tertiary/aromatic N) is 1. The molecular weight excluding hydrogens is 234 g/mol. The van der Waals surface area contributed by atoms with E-state index >= 15 is 0 Å². The number of rotatable bonds is 3. The van der Waals surface area contributed by atoms with E-state index in [2.05, 4.69) is 4.74 Å². The van der Waals surface area contributed by atoms with Crippen LogP contribution in [0.1, 0.15) is 22.1 Å². The summed E-state index contributed by atoms with van der Waals surface area (Å²) in [6.45, 7) is 0. The van der Waals surface area contributed by atoms with Crippen molar-refractivity contribution in [3.63, 3.8) is 0 Å². The van der Waals surface area contributed by atoms with Gasteiger partial charge in [-0.1, -0.05) is 6.07 Å². The van der Waals surface area contributed by atoms with Crippen molar-refractivity contribution in [1.82, 2.24) is 4.73 Å². The third kappa shape index (κ3) is 2.57. The molecule has 0 N–H and O–H groups in total. The molecule has 18 heavy (non-hydrogen) atoms. The first-order chi connectivity index (χ1) is 8.70. The van der Waals surface area contributed by atoms with Gasteiger partial charge in [0.25, 0.3) is 0 Å². The Morgan fingerprint density at radius 1 is 1.06 bits per heavy atom. The number of hydrogen-bond donors (Lipinski definition) is 0. The van der Waals surface area contributed by atoms with E-state index in [9.17, 15) is 9.59 Å². The highest BCUT2D eigenvalue weighted by atomic mass is 16.7. The molecular formula is C13H12NO4+. The van der Waals surface area contributed by atoms with Crippen LogP contribution in [-0.2, 0) is 4.74 Å². The Morgan fingerprint density at radius 2 is 1.67 bits per heavy atom. The summed E-state index contributed by atoms with van der Waals surface area (Å²) in [7, 11) is 1.28. The smallest absolute Gasteiger partial charge is 0.465 e. The molecule has 2 aromatic rings. The standard InChI is InChI=1S/C13H11NO4/c1-17-12(15)10-5-4-6-11(9-10)13(16)18-14-7-2-3-8-14/h2-9H,1H3/p+1. The van der Waals surface area contributed by atoms with Crippen LogP contribution in [0.4, 0.5) is 0 Å². The minimum Gasteiger partial charge on any atom is -0.465 e. The van der Waals surface area contributed by atoms with Gasteiger partial charge in [0.2, 0.25) is 0 Å². The molecule has 0 unspecified atom stereocenters. The van der Waals surface area contributed by atoms with Crippen LogP contribution in [0.3, 0.4) is 0 Å². The summed E-state index contributed by atoms with van der Waals surface area (Å²) in [5.41, 5.74) is 0.589. The summed E-state index contributed by atoms with van der Waals surface area (Å²) >= 11 is 0. The predicted molar refractivity (Wildman–Crippen MR) is 64.2 cm³/mol. The summed E-state index contributed by atoms with van der Waals surface area (Å²) < 4.78 is 5.87. The molecule has 0 aliphatic heterocycles. The highest BCUT2D eigenvalue weighted by molar-refractivity contribution is 5.95. The van der Waals surface area contributed by atoms with Crippen molar-refractivity contribution < 1.29 is 20.6 Å². The fourth-order valence-corrected chi connectivity index (χ4v) is 1.42. The van der Waals surface area contributed by atoms with Gasteiger partial charge in [0.15, 0.2) is 0 Å². The van der Waals surface area contributed by atoms with Gasteiger partial charge in [-0.3, -0.25) is 0 Å². The molecule has 0 amide bonds. The van der Waals surface area contributed by atoms with Crippen molar-refractivity contribution in [2.75, 3.05) is 7.11 Å². The second kappa shape index (κ2) is 5.18. The zero-order valence-corrected chi connectivity index (χ0v) is 9.70. The quantitative estimate of drug-likeness (QED) is 0.773. The first-order valence-electron chi connectivity index (χ1n) is 5.25. The van der Waals surface area contributed by atoms with Gasteiger partial charge in [-0.15, -0.1) is 0 Å². The molecule has 5 nitrogen and oxygen atoms in total. The third-order valence-corrected chi connectivity index (χ3v) is 2.28. The fourth-order valence-electron chi connectivity index (χ4n) is 1.42. The van der Waals surface area contributed by atoms with Crippen LogP contribution in [0.25, 0.3) is 0 Å². The first kappa shape index (κ1) is 11.9. The number of ether oxygens (including phenoxy) is 1. The van der Waals surface area contributed by atoms with E-state index < -0.39 is 11.9 Å². The van der Waals surface area contributed by atoms with Gasteiger partial charge < -0.3 is 9.57 Å². The van der Waals surface area contributed by atoms with Crippen LogP contribution in [-0.4, -0.2) is 23.8 Å². The van der Waals surface area contributed by atoms with Crippen LogP contribution in [0.5, 0.6) is 0 Å². The van der Waals surface area contributed by atoms with E-state index in [1.54, 1.807) is 42.7 Å². The number of carbonyl (C=O) groups excluding carboxylic acids is 2. The maximum Gasteiger partial charge on any atom is 1.00 e. The lowest BCUT2D eigenvalue weighted by Crippen LogP contribution is -2.18. The maximum absolute atomic E-state index is 11.8. The van der Waals surface area contributed by atoms with Crippen molar-refractivity contribution in [2.24, 2.45) is 0 Å². The Bertz CT molecular complexity index is 566. The van der Waals surface area contributed by atoms with Gasteiger partial charge >= 0.3 is 13.4 Å². The minimum atomic E-state index is -0.544. The van der Waals surface area contributed by atoms with Crippen molar-refractivity contribution in [1.29, 1.82) is 0 Å². The lowest BCUT2D eigenvalue weighted by atomic mass is 10.1. The van der Waals surface area contributed by atoms with Gasteiger partial charge in [-0.05, 0) is 30.3 Å². The minimum absolute atomic E-state index is 0. The van der Waals surface area contributed by atoms with Crippen LogP contribution in [0, 0.1) is 0 Å². The Hall–Kier alpha value is -2.56. The Kier molecular flexibility index (Phi) is 3.43. The first-order valence-corrected chi connectivity index (χ1v) is 5.25. The number of carbonyl (C=O) groups is 2. The summed E-state index contributed by atoms with van der Waals surface area (Å²) in [4.78, 5) is 28.1. The van der Waals surface area contributed by atoms with E-state index in [4.69, 9.17) is 4.84 Å². The van der Waals surface area contributed by atoms with Gasteiger partial charge in [0.1, 0.15) is 0 Å². The van der Waals surface area contributed by atoms with E-state index in [0.717, 1.165) is 0 Å².